The number of thiazole rings is 1. The maximum atomic E-state index is 13.4. The molecule has 0 fully saturated rings. The van der Waals surface area contributed by atoms with E-state index in [9.17, 15) is 4.79 Å². The van der Waals surface area contributed by atoms with Gasteiger partial charge in [-0.05, 0) is 68.4 Å². The van der Waals surface area contributed by atoms with Gasteiger partial charge in [-0.1, -0.05) is 29.0 Å². The minimum Gasteiger partial charge on any atom is -0.491 e. The van der Waals surface area contributed by atoms with Crippen molar-refractivity contribution in [1.29, 1.82) is 0 Å². The third kappa shape index (κ3) is 4.61. The second-order valence-corrected chi connectivity index (χ2v) is 8.46. The highest BCUT2D eigenvalue weighted by Crippen LogP contribution is 2.32. The minimum absolute atomic E-state index is 0.0711. The number of nitrogens with zero attached hydrogens (tertiary/aromatic N) is 3. The van der Waals surface area contributed by atoms with E-state index in [0.29, 0.717) is 22.3 Å². The van der Waals surface area contributed by atoms with Gasteiger partial charge in [0.1, 0.15) is 5.75 Å². The third-order valence-electron chi connectivity index (χ3n) is 4.33. The van der Waals surface area contributed by atoms with Crippen molar-refractivity contribution in [3.63, 3.8) is 0 Å². The molecule has 4 rings (SSSR count). The van der Waals surface area contributed by atoms with Crippen LogP contribution in [0.5, 0.6) is 5.75 Å². The molecule has 5 nitrogen and oxygen atoms in total. The predicted molar refractivity (Wildman–Crippen MR) is 122 cm³/mol. The van der Waals surface area contributed by atoms with E-state index in [1.54, 1.807) is 29.3 Å². The lowest BCUT2D eigenvalue weighted by atomic mass is 10.2. The molecule has 152 valence electrons. The van der Waals surface area contributed by atoms with Crippen LogP contribution in [0.4, 0.5) is 5.13 Å². The van der Waals surface area contributed by atoms with Crippen molar-refractivity contribution in [2.24, 2.45) is 0 Å². The Morgan fingerprint density at radius 1 is 1.13 bits per heavy atom. The molecule has 0 radical (unpaired) electrons. The molecule has 2 aromatic heterocycles. The van der Waals surface area contributed by atoms with Crippen LogP contribution in [0.2, 0.25) is 5.02 Å². The van der Waals surface area contributed by atoms with Crippen molar-refractivity contribution in [2.45, 2.75) is 26.5 Å². The van der Waals surface area contributed by atoms with Gasteiger partial charge in [-0.25, -0.2) is 4.98 Å². The monoisotopic (exact) mass is 437 g/mol. The van der Waals surface area contributed by atoms with Crippen LogP contribution in [0.3, 0.4) is 0 Å². The highest BCUT2D eigenvalue weighted by atomic mass is 35.5. The summed E-state index contributed by atoms with van der Waals surface area (Å²) in [6.07, 6.45) is 1.79. The van der Waals surface area contributed by atoms with Gasteiger partial charge in [-0.3, -0.25) is 14.7 Å². The first-order valence-corrected chi connectivity index (χ1v) is 10.7. The van der Waals surface area contributed by atoms with Crippen molar-refractivity contribution in [2.75, 3.05) is 4.90 Å². The number of benzene rings is 2. The molecule has 0 N–H and O–H groups in total. The molecule has 4 aromatic rings. The molecule has 0 aliphatic heterocycles. The summed E-state index contributed by atoms with van der Waals surface area (Å²) < 4.78 is 6.61. The number of carbonyl (C=O) groups is 1. The zero-order valence-electron chi connectivity index (χ0n) is 16.6. The Balaban J connectivity index is 1.69. The Labute approximate surface area is 183 Å². The fraction of sp³-hybridized carbons (Fsp3) is 0.174. The molecular weight excluding hydrogens is 418 g/mol. The molecule has 0 bridgehead atoms. The fourth-order valence-electron chi connectivity index (χ4n) is 2.99. The van der Waals surface area contributed by atoms with E-state index < -0.39 is 0 Å². The second-order valence-electron chi connectivity index (χ2n) is 7.01. The van der Waals surface area contributed by atoms with Crippen LogP contribution in [-0.2, 0) is 6.54 Å². The summed E-state index contributed by atoms with van der Waals surface area (Å²) in [7, 11) is 0. The lowest BCUT2D eigenvalue weighted by Crippen LogP contribution is -2.30. The largest absolute Gasteiger partial charge is 0.491 e. The van der Waals surface area contributed by atoms with Crippen LogP contribution in [-0.4, -0.2) is 22.0 Å². The van der Waals surface area contributed by atoms with Crippen LogP contribution in [0.25, 0.3) is 10.2 Å². The summed E-state index contributed by atoms with van der Waals surface area (Å²) in [6.45, 7) is 4.25. The van der Waals surface area contributed by atoms with Gasteiger partial charge >= 0.3 is 0 Å². The van der Waals surface area contributed by atoms with E-state index in [-0.39, 0.29) is 12.0 Å². The zero-order chi connectivity index (χ0) is 21.1. The van der Waals surface area contributed by atoms with E-state index in [1.165, 1.54) is 11.3 Å². The van der Waals surface area contributed by atoms with Crippen molar-refractivity contribution < 1.29 is 9.53 Å². The molecule has 0 unspecified atom stereocenters. The third-order valence-corrected chi connectivity index (χ3v) is 5.61. The molecular formula is C23H20ClN3O2S. The van der Waals surface area contributed by atoms with Gasteiger partial charge in [0.25, 0.3) is 5.91 Å². The van der Waals surface area contributed by atoms with Gasteiger partial charge in [-0.15, -0.1) is 0 Å². The maximum absolute atomic E-state index is 13.4. The molecule has 0 saturated heterocycles. The molecule has 2 aromatic carbocycles. The van der Waals surface area contributed by atoms with Crippen molar-refractivity contribution in [1.82, 2.24) is 9.97 Å². The van der Waals surface area contributed by atoms with E-state index >= 15 is 0 Å². The summed E-state index contributed by atoms with van der Waals surface area (Å²) in [4.78, 5) is 24.1. The molecule has 2 heterocycles. The average molecular weight is 438 g/mol. The second kappa shape index (κ2) is 8.81. The number of rotatable bonds is 6. The quantitative estimate of drug-likeness (QED) is 0.372. The molecule has 0 aliphatic rings. The van der Waals surface area contributed by atoms with Crippen LogP contribution in [0.1, 0.15) is 29.9 Å². The molecule has 0 saturated carbocycles. The van der Waals surface area contributed by atoms with Gasteiger partial charge in [0, 0.05) is 16.8 Å². The zero-order valence-corrected chi connectivity index (χ0v) is 18.2. The summed E-state index contributed by atoms with van der Waals surface area (Å²) in [5.74, 6) is 0.578. The number of pyridine rings is 1. The van der Waals surface area contributed by atoms with Crippen molar-refractivity contribution >= 4 is 44.2 Å². The smallest absolute Gasteiger partial charge is 0.260 e. The highest BCUT2D eigenvalue weighted by molar-refractivity contribution is 7.22. The summed E-state index contributed by atoms with van der Waals surface area (Å²) >= 11 is 7.55. The first-order chi connectivity index (χ1) is 14.5. The van der Waals surface area contributed by atoms with Crippen LogP contribution < -0.4 is 9.64 Å². The van der Waals surface area contributed by atoms with Gasteiger partial charge < -0.3 is 4.74 Å². The number of fused-ring (bicyclic) bond motifs is 1. The van der Waals surface area contributed by atoms with E-state index in [4.69, 9.17) is 16.3 Å². The van der Waals surface area contributed by atoms with Gasteiger partial charge in [0.05, 0.1) is 28.6 Å². The number of ether oxygens (including phenoxy) is 1. The molecule has 30 heavy (non-hydrogen) atoms. The first kappa shape index (κ1) is 20.3. The van der Waals surface area contributed by atoms with Crippen LogP contribution in [0.15, 0.2) is 66.9 Å². The Bertz CT molecular complexity index is 1160. The predicted octanol–water partition coefficient (Wildman–Crippen LogP) is 5.98. The number of halogens is 1. The highest BCUT2D eigenvalue weighted by Gasteiger charge is 2.22. The van der Waals surface area contributed by atoms with Crippen LogP contribution in [0, 0.1) is 0 Å². The number of anilines is 1. The molecule has 0 spiro atoms. The van der Waals surface area contributed by atoms with E-state index in [1.807, 2.05) is 56.3 Å². The Morgan fingerprint density at radius 2 is 1.93 bits per heavy atom. The molecule has 7 heteroatoms. The van der Waals surface area contributed by atoms with Gasteiger partial charge in [0.15, 0.2) is 5.13 Å². The SMILES string of the molecule is CC(C)Oc1ccc(C(=O)N(Cc2ccccn2)c2nc3ccc(Cl)cc3s2)cc1. The van der Waals surface area contributed by atoms with Gasteiger partial charge in [0.2, 0.25) is 0 Å². The van der Waals surface area contributed by atoms with Crippen molar-refractivity contribution in [3.8, 4) is 5.75 Å². The minimum atomic E-state index is -0.151. The van der Waals surface area contributed by atoms with E-state index in [0.717, 1.165) is 21.7 Å². The number of carbonyl (C=O) groups excluding carboxylic acids is 1. The summed E-state index contributed by atoms with van der Waals surface area (Å²) in [5.41, 5.74) is 2.14. The lowest BCUT2D eigenvalue weighted by molar-refractivity contribution is 0.0985. The van der Waals surface area contributed by atoms with Gasteiger partial charge in [-0.2, -0.15) is 0 Å². The number of hydrogen-bond donors (Lipinski definition) is 0. The summed E-state index contributed by atoms with van der Waals surface area (Å²) in [6, 6.07) is 18.3. The number of amides is 1. The topological polar surface area (TPSA) is 55.3 Å². The number of aromatic nitrogens is 2. The molecule has 0 aliphatic carbocycles. The Hall–Kier alpha value is -2.96. The Kier molecular flexibility index (Phi) is 5.97. The van der Waals surface area contributed by atoms with Crippen LogP contribution >= 0.6 is 22.9 Å². The first-order valence-electron chi connectivity index (χ1n) is 9.54. The van der Waals surface area contributed by atoms with Crippen molar-refractivity contribution in [3.05, 3.63) is 83.1 Å². The lowest BCUT2D eigenvalue weighted by Gasteiger charge is -2.20. The van der Waals surface area contributed by atoms with E-state index in [2.05, 4.69) is 9.97 Å². The standard InChI is InChI=1S/C23H20ClN3O2S/c1-15(2)29-19-9-6-16(7-10-19)22(28)27(14-18-5-3-4-12-25-18)23-26-20-11-8-17(24)13-21(20)30-23/h3-13,15H,14H2,1-2H3. The normalized spacial score (nSPS) is 11.1. The average Bonchev–Trinajstić information content (AvgIpc) is 3.15. The maximum Gasteiger partial charge on any atom is 0.260 e. The number of hydrogen-bond acceptors (Lipinski definition) is 5. The molecule has 1 amide bonds. The Morgan fingerprint density at radius 3 is 2.63 bits per heavy atom. The summed E-state index contributed by atoms with van der Waals surface area (Å²) in [5, 5.41) is 1.24. The molecule has 0 atom stereocenters. The fourth-order valence-corrected chi connectivity index (χ4v) is 4.23.